The van der Waals surface area contributed by atoms with Crippen LogP contribution in [-0.2, 0) is 0 Å². The second-order valence-corrected chi connectivity index (χ2v) is 6.74. The molecule has 0 spiro atoms. The van der Waals surface area contributed by atoms with Gasteiger partial charge in [-0.15, -0.1) is 0 Å². The molecule has 0 fully saturated rings. The number of nitrogens with one attached hydrogen (secondary N) is 1. The normalized spacial score (nSPS) is 10.3. The van der Waals surface area contributed by atoms with E-state index in [-0.39, 0.29) is 5.91 Å². The lowest BCUT2D eigenvalue weighted by molar-refractivity contribution is 0.102. The third-order valence-corrected chi connectivity index (χ3v) is 5.31. The fourth-order valence-corrected chi connectivity index (χ4v) is 2.85. The van der Waals surface area contributed by atoms with Crippen LogP contribution in [0.3, 0.4) is 0 Å². The van der Waals surface area contributed by atoms with Crippen molar-refractivity contribution in [1.29, 1.82) is 0 Å². The molecule has 23 heavy (non-hydrogen) atoms. The molecular weight excluding hydrogens is 418 g/mol. The summed E-state index contributed by atoms with van der Waals surface area (Å²) in [6, 6.07) is 23.3. The molecule has 0 heterocycles. The van der Waals surface area contributed by atoms with Crippen LogP contribution >= 0.6 is 31.9 Å². The van der Waals surface area contributed by atoms with Crippen molar-refractivity contribution in [3.8, 4) is 11.1 Å². The number of halogens is 2. The Morgan fingerprint density at radius 1 is 0.739 bits per heavy atom. The van der Waals surface area contributed by atoms with Crippen molar-refractivity contribution in [3.05, 3.63) is 87.3 Å². The van der Waals surface area contributed by atoms with Gasteiger partial charge in [0.2, 0.25) is 0 Å². The molecule has 0 atom stereocenters. The Morgan fingerprint density at radius 3 is 2.04 bits per heavy atom. The van der Waals surface area contributed by atoms with Crippen LogP contribution in [0.1, 0.15) is 10.4 Å². The van der Waals surface area contributed by atoms with E-state index in [2.05, 4.69) is 49.3 Å². The molecular formula is C19H13Br2NO. The highest BCUT2D eigenvalue weighted by Crippen LogP contribution is 2.26. The quantitative estimate of drug-likeness (QED) is 0.531. The minimum Gasteiger partial charge on any atom is -0.322 e. The van der Waals surface area contributed by atoms with Crippen LogP contribution in [0.2, 0.25) is 0 Å². The molecule has 0 saturated heterocycles. The van der Waals surface area contributed by atoms with E-state index in [1.807, 2.05) is 60.7 Å². The van der Waals surface area contributed by atoms with Gasteiger partial charge in [-0.25, -0.2) is 0 Å². The molecule has 4 heteroatoms. The summed E-state index contributed by atoms with van der Waals surface area (Å²) in [5, 5.41) is 2.90. The lowest BCUT2D eigenvalue weighted by atomic mass is 10.0. The molecule has 3 rings (SSSR count). The van der Waals surface area contributed by atoms with E-state index >= 15 is 0 Å². The zero-order valence-electron chi connectivity index (χ0n) is 12.1. The summed E-state index contributed by atoms with van der Waals surface area (Å²) >= 11 is 6.84. The average Bonchev–Trinajstić information content (AvgIpc) is 2.59. The van der Waals surface area contributed by atoms with E-state index in [9.17, 15) is 4.79 Å². The molecule has 0 aliphatic rings. The van der Waals surface area contributed by atoms with Crippen molar-refractivity contribution >= 4 is 43.5 Å². The monoisotopic (exact) mass is 429 g/mol. The number of rotatable bonds is 3. The lowest BCUT2D eigenvalue weighted by Gasteiger charge is -2.08. The Kier molecular flexibility index (Phi) is 4.94. The van der Waals surface area contributed by atoms with E-state index in [1.165, 1.54) is 0 Å². The van der Waals surface area contributed by atoms with Gasteiger partial charge in [-0.1, -0.05) is 42.5 Å². The number of hydrogen-bond acceptors (Lipinski definition) is 1. The first-order chi connectivity index (χ1) is 11.1. The number of amides is 1. The van der Waals surface area contributed by atoms with Gasteiger partial charge in [-0.2, -0.15) is 0 Å². The second-order valence-electron chi connectivity index (χ2n) is 5.03. The molecule has 114 valence electrons. The van der Waals surface area contributed by atoms with Crippen LogP contribution in [0.4, 0.5) is 5.69 Å². The fourth-order valence-electron chi connectivity index (χ4n) is 2.22. The third kappa shape index (κ3) is 3.89. The standard InChI is InChI=1S/C19H13Br2NO/c20-17-11-10-16(12-18(17)21)22-19(23)15-8-6-14(7-9-15)13-4-2-1-3-5-13/h1-12H,(H,22,23). The van der Waals surface area contributed by atoms with Crippen molar-refractivity contribution in [1.82, 2.24) is 0 Å². The highest BCUT2D eigenvalue weighted by atomic mass is 79.9. The van der Waals surface area contributed by atoms with Gasteiger partial charge in [0.05, 0.1) is 0 Å². The number of benzene rings is 3. The largest absolute Gasteiger partial charge is 0.322 e. The number of carbonyl (C=O) groups excluding carboxylic acids is 1. The van der Waals surface area contributed by atoms with Gasteiger partial charge >= 0.3 is 0 Å². The lowest BCUT2D eigenvalue weighted by Crippen LogP contribution is -2.11. The zero-order valence-corrected chi connectivity index (χ0v) is 15.3. The van der Waals surface area contributed by atoms with Crippen molar-refractivity contribution in [2.45, 2.75) is 0 Å². The first kappa shape index (κ1) is 16.0. The van der Waals surface area contributed by atoms with Crippen LogP contribution in [-0.4, -0.2) is 5.91 Å². The Bertz CT molecular complexity index is 830. The van der Waals surface area contributed by atoms with Crippen LogP contribution in [0, 0.1) is 0 Å². The number of hydrogen-bond donors (Lipinski definition) is 1. The Balaban J connectivity index is 1.76. The summed E-state index contributed by atoms with van der Waals surface area (Å²) in [6.45, 7) is 0. The van der Waals surface area contributed by atoms with Crippen LogP contribution in [0.15, 0.2) is 81.7 Å². The molecule has 2 nitrogen and oxygen atoms in total. The Hall–Kier alpha value is -1.91. The molecule has 3 aromatic carbocycles. The summed E-state index contributed by atoms with van der Waals surface area (Å²) in [4.78, 5) is 12.3. The summed E-state index contributed by atoms with van der Waals surface area (Å²) < 4.78 is 1.84. The molecule has 1 N–H and O–H groups in total. The van der Waals surface area contributed by atoms with Crippen LogP contribution in [0.25, 0.3) is 11.1 Å². The molecule has 0 saturated carbocycles. The number of carbonyl (C=O) groups is 1. The predicted molar refractivity (Wildman–Crippen MR) is 102 cm³/mol. The summed E-state index contributed by atoms with van der Waals surface area (Å²) in [5.74, 6) is -0.126. The average molecular weight is 431 g/mol. The summed E-state index contributed by atoms with van der Waals surface area (Å²) in [5.41, 5.74) is 3.60. The second kappa shape index (κ2) is 7.11. The molecule has 3 aromatic rings. The molecule has 0 radical (unpaired) electrons. The Morgan fingerprint density at radius 2 is 1.39 bits per heavy atom. The van der Waals surface area contributed by atoms with Crippen molar-refractivity contribution in [2.24, 2.45) is 0 Å². The van der Waals surface area contributed by atoms with Crippen LogP contribution < -0.4 is 5.32 Å². The SMILES string of the molecule is O=C(Nc1ccc(Br)c(Br)c1)c1ccc(-c2ccccc2)cc1. The smallest absolute Gasteiger partial charge is 0.255 e. The van der Waals surface area contributed by atoms with E-state index in [4.69, 9.17) is 0 Å². The summed E-state index contributed by atoms with van der Waals surface area (Å²) in [6.07, 6.45) is 0. The molecule has 0 aliphatic heterocycles. The zero-order chi connectivity index (χ0) is 16.2. The highest BCUT2D eigenvalue weighted by molar-refractivity contribution is 9.13. The molecule has 0 unspecified atom stereocenters. The van der Waals surface area contributed by atoms with Crippen molar-refractivity contribution in [3.63, 3.8) is 0 Å². The first-order valence-corrected chi connectivity index (χ1v) is 8.64. The first-order valence-electron chi connectivity index (χ1n) is 7.05. The predicted octanol–water partition coefficient (Wildman–Crippen LogP) is 6.13. The number of anilines is 1. The van der Waals surface area contributed by atoms with Gasteiger partial charge in [-0.3, -0.25) is 4.79 Å². The topological polar surface area (TPSA) is 29.1 Å². The van der Waals surface area contributed by atoms with Gasteiger partial charge in [0, 0.05) is 20.2 Å². The van der Waals surface area contributed by atoms with E-state index in [0.717, 1.165) is 25.8 Å². The third-order valence-electron chi connectivity index (χ3n) is 3.43. The molecule has 0 aliphatic carbocycles. The van der Waals surface area contributed by atoms with Gasteiger partial charge < -0.3 is 5.32 Å². The van der Waals surface area contributed by atoms with Gasteiger partial charge in [0.15, 0.2) is 0 Å². The van der Waals surface area contributed by atoms with Gasteiger partial charge in [-0.05, 0) is 73.3 Å². The highest BCUT2D eigenvalue weighted by Gasteiger charge is 2.07. The Labute approximate surface area is 151 Å². The van der Waals surface area contributed by atoms with Crippen molar-refractivity contribution in [2.75, 3.05) is 5.32 Å². The molecule has 0 aromatic heterocycles. The molecule has 0 bridgehead atoms. The minimum absolute atomic E-state index is 0.126. The van der Waals surface area contributed by atoms with E-state index in [0.29, 0.717) is 5.56 Å². The fraction of sp³-hybridized carbons (Fsp3) is 0. The minimum atomic E-state index is -0.126. The van der Waals surface area contributed by atoms with E-state index < -0.39 is 0 Å². The maximum absolute atomic E-state index is 12.3. The van der Waals surface area contributed by atoms with Gasteiger partial charge in [0.1, 0.15) is 0 Å². The van der Waals surface area contributed by atoms with Crippen molar-refractivity contribution < 1.29 is 4.79 Å². The summed E-state index contributed by atoms with van der Waals surface area (Å²) in [7, 11) is 0. The van der Waals surface area contributed by atoms with Crippen LogP contribution in [0.5, 0.6) is 0 Å². The molecule has 1 amide bonds. The van der Waals surface area contributed by atoms with E-state index in [1.54, 1.807) is 0 Å². The maximum atomic E-state index is 12.3. The van der Waals surface area contributed by atoms with Gasteiger partial charge in [0.25, 0.3) is 5.91 Å². The maximum Gasteiger partial charge on any atom is 0.255 e.